The van der Waals surface area contributed by atoms with Gasteiger partial charge in [-0.2, -0.15) is 0 Å². The Morgan fingerprint density at radius 2 is 2.09 bits per heavy atom. The third kappa shape index (κ3) is 4.04. The van der Waals surface area contributed by atoms with E-state index in [0.29, 0.717) is 5.78 Å². The molecule has 3 rings (SSSR count). The number of carbonyl (C=O) groups is 1. The minimum atomic E-state index is -0.0497. The van der Waals surface area contributed by atoms with Crippen LogP contribution in [0.15, 0.2) is 42.6 Å². The quantitative estimate of drug-likeness (QED) is 0.767. The van der Waals surface area contributed by atoms with Gasteiger partial charge in [-0.3, -0.25) is 14.8 Å². The number of hydrogen-bond donors (Lipinski definition) is 0. The van der Waals surface area contributed by atoms with Crippen LogP contribution in [0.4, 0.5) is 0 Å². The summed E-state index contributed by atoms with van der Waals surface area (Å²) in [6.07, 6.45) is 7.85. The normalized spacial score (nSPS) is 15.9. The summed E-state index contributed by atoms with van der Waals surface area (Å²) in [6.45, 7) is 2.01. The molecule has 1 aliphatic rings. The summed E-state index contributed by atoms with van der Waals surface area (Å²) < 4.78 is 0. The Balaban J connectivity index is 1.65. The lowest BCUT2D eigenvalue weighted by molar-refractivity contribution is -0.127. The monoisotopic (exact) mass is 308 g/mol. The van der Waals surface area contributed by atoms with Crippen LogP contribution in [-0.2, 0) is 11.2 Å². The van der Waals surface area contributed by atoms with Crippen molar-refractivity contribution in [2.24, 2.45) is 5.92 Å². The summed E-state index contributed by atoms with van der Waals surface area (Å²) >= 11 is 0. The molecule has 2 aromatic heterocycles. The van der Waals surface area contributed by atoms with Crippen LogP contribution in [0.25, 0.3) is 0 Å². The molecule has 3 nitrogen and oxygen atoms in total. The number of pyridine rings is 2. The molecule has 1 saturated carbocycles. The van der Waals surface area contributed by atoms with Gasteiger partial charge in [0.1, 0.15) is 5.78 Å². The lowest BCUT2D eigenvalue weighted by atomic mass is 9.75. The summed E-state index contributed by atoms with van der Waals surface area (Å²) in [7, 11) is 0. The van der Waals surface area contributed by atoms with Crippen LogP contribution >= 0.6 is 0 Å². The molecule has 1 fully saturated rings. The summed E-state index contributed by atoms with van der Waals surface area (Å²) in [4.78, 5) is 21.8. The Hall–Kier alpha value is -2.03. The molecule has 0 aliphatic heterocycles. The van der Waals surface area contributed by atoms with Crippen molar-refractivity contribution >= 4 is 5.78 Å². The van der Waals surface area contributed by atoms with Crippen LogP contribution in [0, 0.1) is 12.8 Å². The van der Waals surface area contributed by atoms with Gasteiger partial charge in [-0.05, 0) is 63.3 Å². The van der Waals surface area contributed by atoms with Gasteiger partial charge in [0.2, 0.25) is 0 Å². The Kier molecular flexibility index (Phi) is 5.16. The van der Waals surface area contributed by atoms with Gasteiger partial charge >= 0.3 is 0 Å². The highest BCUT2D eigenvalue weighted by Crippen LogP contribution is 2.34. The molecule has 0 N–H and O–H groups in total. The zero-order chi connectivity index (χ0) is 16.1. The number of nitrogens with zero attached hydrogens (tertiary/aromatic N) is 2. The van der Waals surface area contributed by atoms with Gasteiger partial charge in [0.15, 0.2) is 0 Å². The van der Waals surface area contributed by atoms with Crippen LogP contribution in [0.1, 0.15) is 55.1 Å². The number of carbonyl (C=O) groups excluding carboxylic acids is 1. The Labute approximate surface area is 138 Å². The van der Waals surface area contributed by atoms with Gasteiger partial charge in [0.05, 0.1) is 11.6 Å². The molecule has 2 heterocycles. The zero-order valence-corrected chi connectivity index (χ0v) is 13.7. The van der Waals surface area contributed by atoms with Crippen molar-refractivity contribution in [1.82, 2.24) is 9.97 Å². The topological polar surface area (TPSA) is 42.9 Å². The van der Waals surface area contributed by atoms with E-state index in [0.717, 1.165) is 49.2 Å². The summed E-state index contributed by atoms with van der Waals surface area (Å²) in [5.74, 6) is 0.609. The first kappa shape index (κ1) is 15.9. The number of aromatic nitrogens is 2. The van der Waals surface area contributed by atoms with Gasteiger partial charge in [0, 0.05) is 23.5 Å². The van der Waals surface area contributed by atoms with Crippen molar-refractivity contribution in [3.63, 3.8) is 0 Å². The first-order chi connectivity index (χ1) is 11.2. The molecule has 0 radical (unpaired) electrons. The molecule has 0 saturated heterocycles. The number of aryl methyl sites for hydroxylation is 2. The fraction of sp³-hybridized carbons (Fsp3) is 0.450. The molecular formula is C20H24N2O. The fourth-order valence-corrected chi connectivity index (χ4v) is 3.22. The van der Waals surface area contributed by atoms with E-state index >= 15 is 0 Å². The average Bonchev–Trinajstić information content (AvgIpc) is 2.51. The third-order valence-corrected chi connectivity index (χ3v) is 4.77. The van der Waals surface area contributed by atoms with E-state index in [1.165, 1.54) is 6.42 Å². The molecule has 3 heteroatoms. The van der Waals surface area contributed by atoms with E-state index in [4.69, 9.17) is 0 Å². The Morgan fingerprint density at radius 1 is 1.22 bits per heavy atom. The van der Waals surface area contributed by atoms with E-state index in [2.05, 4.69) is 16.0 Å². The number of hydrogen-bond acceptors (Lipinski definition) is 3. The molecule has 120 valence electrons. The SMILES string of the molecule is Cc1cccc(CCCC(C(=O)C2CCC2)c2ccccn2)n1. The van der Waals surface area contributed by atoms with Crippen molar-refractivity contribution in [3.8, 4) is 0 Å². The lowest BCUT2D eigenvalue weighted by Gasteiger charge is -2.28. The van der Waals surface area contributed by atoms with E-state index in [1.54, 1.807) is 6.20 Å². The standard InChI is InChI=1S/C20H24N2O/c1-15-7-4-10-17(22-15)11-6-12-18(19-13-2-3-14-21-19)20(23)16-8-5-9-16/h2-4,7,10,13-14,16,18H,5-6,8-9,11-12H2,1H3. The highest BCUT2D eigenvalue weighted by Gasteiger charge is 2.32. The van der Waals surface area contributed by atoms with Crippen LogP contribution in [0.2, 0.25) is 0 Å². The molecule has 1 unspecified atom stereocenters. The number of rotatable bonds is 7. The van der Waals surface area contributed by atoms with Crippen molar-refractivity contribution < 1.29 is 4.79 Å². The maximum atomic E-state index is 12.8. The maximum absolute atomic E-state index is 12.8. The molecule has 2 aromatic rings. The molecule has 23 heavy (non-hydrogen) atoms. The predicted octanol–water partition coefficient (Wildman–Crippen LogP) is 4.26. The second-order valence-electron chi connectivity index (χ2n) is 6.50. The van der Waals surface area contributed by atoms with Crippen molar-refractivity contribution in [1.29, 1.82) is 0 Å². The van der Waals surface area contributed by atoms with E-state index in [9.17, 15) is 4.79 Å². The smallest absolute Gasteiger partial charge is 0.144 e. The summed E-state index contributed by atoms with van der Waals surface area (Å²) in [6, 6.07) is 12.0. The fourth-order valence-electron chi connectivity index (χ4n) is 3.22. The van der Waals surface area contributed by atoms with Crippen molar-refractivity contribution in [3.05, 3.63) is 59.7 Å². The second kappa shape index (κ2) is 7.49. The molecule has 0 amide bonds. The minimum absolute atomic E-state index is 0.0497. The van der Waals surface area contributed by atoms with Crippen LogP contribution in [0.3, 0.4) is 0 Å². The van der Waals surface area contributed by atoms with Gasteiger partial charge in [-0.15, -0.1) is 0 Å². The predicted molar refractivity (Wildman–Crippen MR) is 91.2 cm³/mol. The van der Waals surface area contributed by atoms with Crippen molar-refractivity contribution in [2.75, 3.05) is 0 Å². The molecule has 0 bridgehead atoms. The Morgan fingerprint density at radius 3 is 2.74 bits per heavy atom. The number of Topliss-reactive ketones (excluding diaryl/α,β-unsaturated/α-hetero) is 1. The molecule has 0 aromatic carbocycles. The molecular weight excluding hydrogens is 284 g/mol. The first-order valence-corrected chi connectivity index (χ1v) is 8.61. The number of ketones is 1. The van der Waals surface area contributed by atoms with Crippen molar-refractivity contribution in [2.45, 2.75) is 51.4 Å². The summed E-state index contributed by atoms with van der Waals surface area (Å²) in [5, 5.41) is 0. The Bertz CT molecular complexity index is 650. The highest BCUT2D eigenvalue weighted by atomic mass is 16.1. The van der Waals surface area contributed by atoms with Crippen LogP contribution in [-0.4, -0.2) is 15.8 Å². The third-order valence-electron chi connectivity index (χ3n) is 4.77. The molecule has 1 aliphatic carbocycles. The van der Waals surface area contributed by atoms with Gasteiger partial charge in [-0.1, -0.05) is 18.6 Å². The average molecular weight is 308 g/mol. The van der Waals surface area contributed by atoms with E-state index in [1.807, 2.05) is 37.3 Å². The second-order valence-corrected chi connectivity index (χ2v) is 6.50. The van der Waals surface area contributed by atoms with Gasteiger partial charge in [-0.25, -0.2) is 0 Å². The van der Waals surface area contributed by atoms with E-state index in [-0.39, 0.29) is 11.8 Å². The lowest BCUT2D eigenvalue weighted by Crippen LogP contribution is -2.28. The van der Waals surface area contributed by atoms with Crippen LogP contribution in [0.5, 0.6) is 0 Å². The van der Waals surface area contributed by atoms with Gasteiger partial charge in [0.25, 0.3) is 0 Å². The maximum Gasteiger partial charge on any atom is 0.144 e. The largest absolute Gasteiger partial charge is 0.299 e. The minimum Gasteiger partial charge on any atom is -0.299 e. The molecule has 1 atom stereocenters. The van der Waals surface area contributed by atoms with Gasteiger partial charge < -0.3 is 0 Å². The van der Waals surface area contributed by atoms with E-state index < -0.39 is 0 Å². The summed E-state index contributed by atoms with van der Waals surface area (Å²) in [5.41, 5.74) is 3.09. The molecule has 0 spiro atoms. The zero-order valence-electron chi connectivity index (χ0n) is 13.7. The highest BCUT2D eigenvalue weighted by molar-refractivity contribution is 5.88. The first-order valence-electron chi connectivity index (χ1n) is 8.61. The van der Waals surface area contributed by atoms with Crippen LogP contribution < -0.4 is 0 Å².